The van der Waals surface area contributed by atoms with Gasteiger partial charge in [0.05, 0.1) is 13.2 Å². The van der Waals surface area contributed by atoms with Gasteiger partial charge in [0, 0.05) is 25.2 Å². The first-order valence-corrected chi connectivity index (χ1v) is 6.19. The predicted octanol–water partition coefficient (Wildman–Crippen LogP) is 1.12. The molecule has 1 saturated heterocycles. The van der Waals surface area contributed by atoms with Crippen molar-refractivity contribution in [3.8, 4) is 5.75 Å². The molecule has 0 aromatic heterocycles. The molecule has 0 bridgehead atoms. The molecule has 1 aliphatic rings. The zero-order chi connectivity index (χ0) is 13.1. The average molecular weight is 248 g/mol. The molecule has 0 spiro atoms. The normalized spacial score (nSPS) is 21.8. The van der Waals surface area contributed by atoms with E-state index in [-0.39, 0.29) is 11.8 Å². The Morgan fingerprint density at radius 2 is 2.11 bits per heavy atom. The van der Waals surface area contributed by atoms with Crippen molar-refractivity contribution in [1.82, 2.24) is 9.80 Å². The second-order valence-electron chi connectivity index (χ2n) is 4.85. The first-order chi connectivity index (χ1) is 8.61. The third-order valence-electron chi connectivity index (χ3n) is 3.51. The Balaban J connectivity index is 2.18. The van der Waals surface area contributed by atoms with Gasteiger partial charge in [-0.1, -0.05) is 12.1 Å². The zero-order valence-electron chi connectivity index (χ0n) is 11.2. The number of nitrogens with zero attached hydrogens (tertiary/aromatic N) is 2. The van der Waals surface area contributed by atoms with Gasteiger partial charge >= 0.3 is 0 Å². The molecule has 1 atom stereocenters. The highest BCUT2D eigenvalue weighted by molar-refractivity contribution is 6.00. The number of carbonyl (C=O) groups excluding carboxylic acids is 1. The van der Waals surface area contributed by atoms with E-state index in [2.05, 4.69) is 16.8 Å². The molecule has 0 saturated carbocycles. The molecule has 1 aromatic rings. The van der Waals surface area contributed by atoms with Gasteiger partial charge in [-0.15, -0.1) is 0 Å². The molecule has 2 rings (SSSR count). The van der Waals surface area contributed by atoms with Gasteiger partial charge in [-0.3, -0.25) is 9.69 Å². The predicted molar refractivity (Wildman–Crippen MR) is 71.2 cm³/mol. The number of likely N-dealkylation sites (N-methyl/N-ethyl adjacent to an activating group) is 2. The summed E-state index contributed by atoms with van der Waals surface area (Å²) < 4.78 is 5.16. The van der Waals surface area contributed by atoms with E-state index >= 15 is 0 Å². The minimum atomic E-state index is -0.0594. The van der Waals surface area contributed by atoms with E-state index in [1.165, 1.54) is 0 Å². The Morgan fingerprint density at radius 3 is 2.83 bits per heavy atom. The summed E-state index contributed by atoms with van der Waals surface area (Å²) in [6.45, 7) is 2.72. The van der Waals surface area contributed by atoms with Crippen LogP contribution in [0.1, 0.15) is 10.4 Å². The van der Waals surface area contributed by atoms with Crippen LogP contribution in [0.5, 0.6) is 5.75 Å². The van der Waals surface area contributed by atoms with Gasteiger partial charge < -0.3 is 9.64 Å². The summed E-state index contributed by atoms with van der Waals surface area (Å²) in [7, 11) is 5.68. The van der Waals surface area contributed by atoms with Gasteiger partial charge in [-0.2, -0.15) is 0 Å². The van der Waals surface area contributed by atoms with Gasteiger partial charge in [-0.25, -0.2) is 0 Å². The topological polar surface area (TPSA) is 32.8 Å². The molecule has 1 fully saturated rings. The minimum absolute atomic E-state index is 0.0594. The van der Waals surface area contributed by atoms with Gasteiger partial charge in [0.2, 0.25) is 0 Å². The first-order valence-electron chi connectivity index (χ1n) is 6.19. The quantitative estimate of drug-likeness (QED) is 0.751. The fourth-order valence-corrected chi connectivity index (χ4v) is 2.26. The monoisotopic (exact) mass is 248 g/mol. The Morgan fingerprint density at radius 1 is 1.33 bits per heavy atom. The van der Waals surface area contributed by atoms with Crippen LogP contribution in [0.15, 0.2) is 24.3 Å². The molecule has 0 amide bonds. The molecular weight excluding hydrogens is 228 g/mol. The second-order valence-corrected chi connectivity index (χ2v) is 4.85. The molecule has 4 nitrogen and oxygen atoms in total. The van der Waals surface area contributed by atoms with E-state index in [9.17, 15) is 4.79 Å². The SMILES string of the molecule is COc1cccc(C(=O)C2CN(C)CCN2C)c1. The zero-order valence-corrected chi connectivity index (χ0v) is 11.2. The molecule has 0 N–H and O–H groups in total. The lowest BCUT2D eigenvalue weighted by Gasteiger charge is -2.36. The fourth-order valence-electron chi connectivity index (χ4n) is 2.26. The summed E-state index contributed by atoms with van der Waals surface area (Å²) in [6, 6.07) is 7.32. The molecule has 18 heavy (non-hydrogen) atoms. The second kappa shape index (κ2) is 5.50. The van der Waals surface area contributed by atoms with Crippen molar-refractivity contribution < 1.29 is 9.53 Å². The molecule has 0 aliphatic carbocycles. The van der Waals surface area contributed by atoms with Crippen molar-refractivity contribution in [2.24, 2.45) is 0 Å². The van der Waals surface area contributed by atoms with Crippen LogP contribution < -0.4 is 4.74 Å². The van der Waals surface area contributed by atoms with Crippen LogP contribution in [0.2, 0.25) is 0 Å². The highest BCUT2D eigenvalue weighted by atomic mass is 16.5. The molecule has 1 unspecified atom stereocenters. The van der Waals surface area contributed by atoms with Crippen molar-refractivity contribution in [2.45, 2.75) is 6.04 Å². The van der Waals surface area contributed by atoms with Crippen LogP contribution in [-0.2, 0) is 0 Å². The van der Waals surface area contributed by atoms with Crippen LogP contribution in [0, 0.1) is 0 Å². The summed E-state index contributed by atoms with van der Waals surface area (Å²) in [5.41, 5.74) is 0.724. The number of piperazine rings is 1. The van der Waals surface area contributed by atoms with Crippen molar-refractivity contribution in [1.29, 1.82) is 0 Å². The van der Waals surface area contributed by atoms with Crippen molar-refractivity contribution in [3.63, 3.8) is 0 Å². The number of ketones is 1. The summed E-state index contributed by atoms with van der Waals surface area (Å²) >= 11 is 0. The maximum absolute atomic E-state index is 12.5. The molecule has 98 valence electrons. The van der Waals surface area contributed by atoms with Gasteiger partial charge in [0.1, 0.15) is 5.75 Å². The number of hydrogen-bond acceptors (Lipinski definition) is 4. The Bertz CT molecular complexity index is 434. The van der Waals surface area contributed by atoms with E-state index < -0.39 is 0 Å². The third kappa shape index (κ3) is 2.71. The maximum Gasteiger partial charge on any atom is 0.181 e. The van der Waals surface area contributed by atoms with Gasteiger partial charge in [0.15, 0.2) is 5.78 Å². The van der Waals surface area contributed by atoms with Crippen molar-refractivity contribution in [3.05, 3.63) is 29.8 Å². The standard InChI is InChI=1S/C14H20N2O2/c1-15-7-8-16(2)13(10-15)14(17)11-5-4-6-12(9-11)18-3/h4-6,9,13H,7-8,10H2,1-3H3. The fraction of sp³-hybridized carbons (Fsp3) is 0.500. The van der Waals surface area contributed by atoms with E-state index in [0.717, 1.165) is 30.9 Å². The van der Waals surface area contributed by atoms with Crippen LogP contribution >= 0.6 is 0 Å². The number of methoxy groups -OCH3 is 1. The highest BCUT2D eigenvalue weighted by Gasteiger charge is 2.29. The number of rotatable bonds is 3. The van der Waals surface area contributed by atoms with Crippen LogP contribution in [0.3, 0.4) is 0 Å². The maximum atomic E-state index is 12.5. The van der Waals surface area contributed by atoms with Crippen LogP contribution in [0.4, 0.5) is 0 Å². The first kappa shape index (κ1) is 13.1. The van der Waals surface area contributed by atoms with E-state index in [1.807, 2.05) is 31.3 Å². The molecular formula is C14H20N2O2. The van der Waals surface area contributed by atoms with E-state index in [4.69, 9.17) is 4.74 Å². The van der Waals surface area contributed by atoms with E-state index in [0.29, 0.717) is 0 Å². The lowest BCUT2D eigenvalue weighted by atomic mass is 10.0. The number of benzene rings is 1. The van der Waals surface area contributed by atoms with Crippen LogP contribution in [-0.4, -0.2) is 62.5 Å². The summed E-state index contributed by atoms with van der Waals surface area (Å²) in [5.74, 6) is 0.899. The number of Topliss-reactive ketones (excluding diaryl/α,β-unsaturated/α-hetero) is 1. The summed E-state index contributed by atoms with van der Waals surface area (Å²) in [6.07, 6.45) is 0. The van der Waals surface area contributed by atoms with E-state index in [1.54, 1.807) is 7.11 Å². The summed E-state index contributed by atoms with van der Waals surface area (Å²) in [4.78, 5) is 16.8. The molecule has 4 heteroatoms. The minimum Gasteiger partial charge on any atom is -0.497 e. The molecule has 0 radical (unpaired) electrons. The average Bonchev–Trinajstić information content (AvgIpc) is 2.41. The Kier molecular flexibility index (Phi) is 3.99. The molecule has 1 heterocycles. The molecule has 1 aliphatic heterocycles. The molecule has 1 aromatic carbocycles. The number of ether oxygens (including phenoxy) is 1. The highest BCUT2D eigenvalue weighted by Crippen LogP contribution is 2.17. The third-order valence-corrected chi connectivity index (χ3v) is 3.51. The lowest BCUT2D eigenvalue weighted by molar-refractivity contribution is 0.0686. The summed E-state index contributed by atoms with van der Waals surface area (Å²) in [5, 5.41) is 0. The Hall–Kier alpha value is -1.39. The van der Waals surface area contributed by atoms with Gasteiger partial charge in [-0.05, 0) is 26.2 Å². The largest absolute Gasteiger partial charge is 0.497 e. The number of carbonyl (C=O) groups is 1. The van der Waals surface area contributed by atoms with Crippen LogP contribution in [0.25, 0.3) is 0 Å². The smallest absolute Gasteiger partial charge is 0.181 e. The van der Waals surface area contributed by atoms with Gasteiger partial charge in [0.25, 0.3) is 0 Å². The number of hydrogen-bond donors (Lipinski definition) is 0. The Labute approximate surface area is 108 Å². The van der Waals surface area contributed by atoms with Crippen molar-refractivity contribution in [2.75, 3.05) is 40.8 Å². The van der Waals surface area contributed by atoms with Crippen molar-refractivity contribution >= 4 is 5.78 Å². The lowest BCUT2D eigenvalue weighted by Crippen LogP contribution is -2.53.